The Kier molecular flexibility index (Phi) is 4.55. The number of hydrogen-bond acceptors (Lipinski definition) is 3. The third-order valence-corrected chi connectivity index (χ3v) is 4.51. The highest BCUT2D eigenvalue weighted by Gasteiger charge is 2.31. The predicted octanol–water partition coefficient (Wildman–Crippen LogP) is 1.07. The molecular weight excluding hydrogens is 318 g/mol. The standard InChI is InChI=1S/C16H20F2N4O2/c1-21-6-5-13(15(21)23)20-16(24)19-11-4-7-22(9-11)14-3-2-10(17)8-12(14)18/h2-3,8,11,13H,4-7,9H2,1H3,(H2,19,20,24)/t11-,13+/m1/s1. The lowest BCUT2D eigenvalue weighted by atomic mass is 10.2. The number of carbonyl (C=O) groups is 2. The van der Waals surface area contributed by atoms with Crippen LogP contribution in [0, 0.1) is 11.6 Å². The van der Waals surface area contributed by atoms with Crippen molar-refractivity contribution in [3.8, 4) is 0 Å². The number of nitrogens with one attached hydrogen (secondary N) is 2. The topological polar surface area (TPSA) is 64.7 Å². The Hall–Kier alpha value is -2.38. The third-order valence-electron chi connectivity index (χ3n) is 4.51. The van der Waals surface area contributed by atoms with Gasteiger partial charge in [-0.2, -0.15) is 0 Å². The van der Waals surface area contributed by atoms with Gasteiger partial charge in [-0.3, -0.25) is 4.79 Å². The fraction of sp³-hybridized carbons (Fsp3) is 0.500. The van der Waals surface area contributed by atoms with Crippen molar-refractivity contribution < 1.29 is 18.4 Å². The smallest absolute Gasteiger partial charge is 0.315 e. The van der Waals surface area contributed by atoms with Crippen LogP contribution in [0.15, 0.2) is 18.2 Å². The molecule has 0 radical (unpaired) electrons. The summed E-state index contributed by atoms with van der Waals surface area (Å²) in [5.74, 6) is -1.32. The summed E-state index contributed by atoms with van der Waals surface area (Å²) in [7, 11) is 1.70. The van der Waals surface area contributed by atoms with E-state index in [4.69, 9.17) is 0 Å². The van der Waals surface area contributed by atoms with E-state index in [-0.39, 0.29) is 11.9 Å². The first-order chi connectivity index (χ1) is 11.4. The van der Waals surface area contributed by atoms with Crippen LogP contribution >= 0.6 is 0 Å². The van der Waals surface area contributed by atoms with Crippen molar-refractivity contribution in [2.24, 2.45) is 0 Å². The molecule has 6 nitrogen and oxygen atoms in total. The molecule has 0 aromatic heterocycles. The van der Waals surface area contributed by atoms with E-state index in [1.165, 1.54) is 12.1 Å². The maximum Gasteiger partial charge on any atom is 0.315 e. The van der Waals surface area contributed by atoms with Gasteiger partial charge in [0.15, 0.2) is 0 Å². The van der Waals surface area contributed by atoms with E-state index in [0.717, 1.165) is 6.07 Å². The van der Waals surface area contributed by atoms with Crippen LogP contribution in [0.5, 0.6) is 0 Å². The number of anilines is 1. The summed E-state index contributed by atoms with van der Waals surface area (Å²) in [6.07, 6.45) is 1.25. The minimum atomic E-state index is -0.615. The first-order valence-corrected chi connectivity index (χ1v) is 7.96. The lowest BCUT2D eigenvalue weighted by Gasteiger charge is -2.20. The van der Waals surface area contributed by atoms with E-state index in [1.807, 2.05) is 0 Å². The third kappa shape index (κ3) is 3.42. The average Bonchev–Trinajstić information content (AvgIpc) is 3.09. The SMILES string of the molecule is CN1CC[C@H](NC(=O)N[C@@H]2CCN(c3ccc(F)cc3F)C2)C1=O. The summed E-state index contributed by atoms with van der Waals surface area (Å²) in [5, 5.41) is 5.49. The molecule has 2 saturated heterocycles. The summed E-state index contributed by atoms with van der Waals surface area (Å²) in [6.45, 7) is 1.64. The number of nitrogens with zero attached hydrogens (tertiary/aromatic N) is 2. The Bertz CT molecular complexity index is 655. The molecule has 2 atom stereocenters. The molecule has 3 rings (SSSR count). The van der Waals surface area contributed by atoms with Crippen molar-refractivity contribution in [3.05, 3.63) is 29.8 Å². The van der Waals surface area contributed by atoms with Crippen molar-refractivity contribution in [1.82, 2.24) is 15.5 Å². The first kappa shape index (κ1) is 16.5. The second-order valence-electron chi connectivity index (χ2n) is 6.25. The molecule has 2 heterocycles. The fourth-order valence-electron chi connectivity index (χ4n) is 3.18. The van der Waals surface area contributed by atoms with Crippen LogP contribution in [-0.4, -0.2) is 55.6 Å². The van der Waals surface area contributed by atoms with Crippen LogP contribution in [0.3, 0.4) is 0 Å². The zero-order chi connectivity index (χ0) is 17.3. The summed E-state index contributed by atoms with van der Waals surface area (Å²) < 4.78 is 26.8. The van der Waals surface area contributed by atoms with Crippen LogP contribution < -0.4 is 15.5 Å². The molecule has 1 aromatic rings. The molecule has 0 saturated carbocycles. The Morgan fingerprint density at radius 3 is 2.67 bits per heavy atom. The quantitative estimate of drug-likeness (QED) is 0.867. The molecule has 2 fully saturated rings. The van der Waals surface area contributed by atoms with Crippen molar-refractivity contribution >= 4 is 17.6 Å². The van der Waals surface area contributed by atoms with Gasteiger partial charge in [-0.15, -0.1) is 0 Å². The monoisotopic (exact) mass is 338 g/mol. The van der Waals surface area contributed by atoms with Gasteiger partial charge in [0, 0.05) is 38.8 Å². The van der Waals surface area contributed by atoms with E-state index in [2.05, 4.69) is 10.6 Å². The lowest BCUT2D eigenvalue weighted by Crippen LogP contribution is -2.49. The number of hydrogen-bond donors (Lipinski definition) is 2. The largest absolute Gasteiger partial charge is 0.367 e. The number of likely N-dealkylation sites (tertiary alicyclic amines) is 1. The Morgan fingerprint density at radius 2 is 2.00 bits per heavy atom. The van der Waals surface area contributed by atoms with E-state index in [9.17, 15) is 18.4 Å². The van der Waals surface area contributed by atoms with Crippen LogP contribution in [0.2, 0.25) is 0 Å². The van der Waals surface area contributed by atoms with Crippen LogP contribution in [-0.2, 0) is 4.79 Å². The van der Waals surface area contributed by atoms with Crippen LogP contribution in [0.4, 0.5) is 19.3 Å². The second-order valence-corrected chi connectivity index (χ2v) is 6.25. The highest BCUT2D eigenvalue weighted by Crippen LogP contribution is 2.24. The molecule has 2 aliphatic heterocycles. The van der Waals surface area contributed by atoms with Gasteiger partial charge in [0.1, 0.15) is 17.7 Å². The maximum absolute atomic E-state index is 13.8. The molecule has 0 spiro atoms. The number of urea groups is 1. The second kappa shape index (κ2) is 6.62. The van der Waals surface area contributed by atoms with Gasteiger partial charge in [0.25, 0.3) is 0 Å². The van der Waals surface area contributed by atoms with Crippen molar-refractivity contribution in [2.45, 2.75) is 24.9 Å². The van der Waals surface area contributed by atoms with E-state index in [1.54, 1.807) is 16.8 Å². The van der Waals surface area contributed by atoms with Crippen LogP contribution in [0.1, 0.15) is 12.8 Å². The lowest BCUT2D eigenvalue weighted by molar-refractivity contribution is -0.128. The highest BCUT2D eigenvalue weighted by molar-refractivity contribution is 5.88. The highest BCUT2D eigenvalue weighted by atomic mass is 19.1. The van der Waals surface area contributed by atoms with Gasteiger partial charge in [0.2, 0.25) is 5.91 Å². The molecule has 2 N–H and O–H groups in total. The summed E-state index contributed by atoms with van der Waals surface area (Å²) in [5.41, 5.74) is 0.328. The van der Waals surface area contributed by atoms with Gasteiger partial charge < -0.3 is 20.4 Å². The minimum absolute atomic E-state index is 0.0911. The van der Waals surface area contributed by atoms with Crippen molar-refractivity contribution in [2.75, 3.05) is 31.6 Å². The molecule has 2 aliphatic rings. The Labute approximate surface area is 138 Å². The molecule has 24 heavy (non-hydrogen) atoms. The molecule has 1 aromatic carbocycles. The Balaban J connectivity index is 1.52. The normalized spacial score (nSPS) is 23.7. The van der Waals surface area contributed by atoms with Gasteiger partial charge >= 0.3 is 6.03 Å². The van der Waals surface area contributed by atoms with Crippen LogP contribution in [0.25, 0.3) is 0 Å². The number of halogens is 2. The molecule has 0 aliphatic carbocycles. The van der Waals surface area contributed by atoms with E-state index >= 15 is 0 Å². The molecule has 0 bridgehead atoms. The Morgan fingerprint density at radius 1 is 1.21 bits per heavy atom. The number of amides is 3. The molecule has 0 unspecified atom stereocenters. The van der Waals surface area contributed by atoms with Crippen molar-refractivity contribution in [3.63, 3.8) is 0 Å². The van der Waals surface area contributed by atoms with Gasteiger partial charge in [-0.05, 0) is 25.0 Å². The molecular formula is C16H20F2N4O2. The molecule has 3 amide bonds. The van der Waals surface area contributed by atoms with Gasteiger partial charge in [0.05, 0.1) is 5.69 Å². The van der Waals surface area contributed by atoms with Gasteiger partial charge in [-0.25, -0.2) is 13.6 Å². The molecule has 130 valence electrons. The summed E-state index contributed by atoms with van der Waals surface area (Å²) in [4.78, 5) is 27.2. The summed E-state index contributed by atoms with van der Waals surface area (Å²) in [6, 6.07) is 2.44. The van der Waals surface area contributed by atoms with Crippen molar-refractivity contribution in [1.29, 1.82) is 0 Å². The first-order valence-electron chi connectivity index (χ1n) is 7.96. The zero-order valence-corrected chi connectivity index (χ0v) is 13.4. The average molecular weight is 338 g/mol. The predicted molar refractivity (Wildman–Crippen MR) is 84.7 cm³/mol. The minimum Gasteiger partial charge on any atom is -0.367 e. The number of benzene rings is 1. The van der Waals surface area contributed by atoms with E-state index in [0.29, 0.717) is 38.2 Å². The zero-order valence-electron chi connectivity index (χ0n) is 13.4. The molecule has 8 heteroatoms. The number of likely N-dealkylation sites (N-methyl/N-ethyl adjacent to an activating group) is 1. The maximum atomic E-state index is 13.8. The fourth-order valence-corrected chi connectivity index (χ4v) is 3.18. The van der Waals surface area contributed by atoms with Gasteiger partial charge in [-0.1, -0.05) is 0 Å². The number of carbonyl (C=O) groups excluding carboxylic acids is 2. The van der Waals surface area contributed by atoms with E-state index < -0.39 is 23.7 Å². The number of rotatable bonds is 3. The summed E-state index contributed by atoms with van der Waals surface area (Å²) >= 11 is 0.